The van der Waals surface area contributed by atoms with E-state index in [0.717, 1.165) is 23.6 Å². The average Bonchev–Trinajstić information content (AvgIpc) is 3.57. The number of carboxylic acids is 1. The van der Waals surface area contributed by atoms with E-state index in [1.807, 2.05) is 14.8 Å². The van der Waals surface area contributed by atoms with E-state index in [-0.39, 0.29) is 17.0 Å². The van der Waals surface area contributed by atoms with Crippen LogP contribution in [-0.2, 0) is 4.84 Å². The van der Waals surface area contributed by atoms with Gasteiger partial charge in [0.05, 0.1) is 11.2 Å². The molecule has 5 rings (SSSR count). The van der Waals surface area contributed by atoms with Crippen LogP contribution in [0.5, 0.6) is 0 Å². The van der Waals surface area contributed by atoms with Crippen molar-refractivity contribution < 1.29 is 19.1 Å². The van der Waals surface area contributed by atoms with Gasteiger partial charge in [0.2, 0.25) is 5.43 Å². The Bertz CT molecular complexity index is 1380. The SMILES string of the molecule is C=CCO/N=C(\CN1CCN(c2cc3c(cc2F)c(=O)c(C(=O)O)cn3C2CC2)CC1)c1nccs1. The summed E-state index contributed by atoms with van der Waals surface area (Å²) < 4.78 is 17.0. The quantitative estimate of drug-likeness (QED) is 0.204. The van der Waals surface area contributed by atoms with Crippen molar-refractivity contribution in [1.29, 1.82) is 0 Å². The summed E-state index contributed by atoms with van der Waals surface area (Å²) in [5, 5.41) is 16.5. The van der Waals surface area contributed by atoms with Crippen LogP contribution in [0.3, 0.4) is 0 Å². The van der Waals surface area contributed by atoms with Crippen molar-refractivity contribution in [2.45, 2.75) is 18.9 Å². The van der Waals surface area contributed by atoms with E-state index >= 15 is 4.39 Å². The summed E-state index contributed by atoms with van der Waals surface area (Å²) in [6.45, 7) is 7.02. The Morgan fingerprint density at radius 3 is 2.72 bits per heavy atom. The van der Waals surface area contributed by atoms with Crippen molar-refractivity contribution in [3.05, 3.63) is 69.2 Å². The lowest BCUT2D eigenvalue weighted by Crippen LogP contribution is -2.48. The Kier molecular flexibility index (Phi) is 6.84. The summed E-state index contributed by atoms with van der Waals surface area (Å²) in [6.07, 6.45) is 6.57. The van der Waals surface area contributed by atoms with E-state index in [1.54, 1.807) is 18.3 Å². The highest BCUT2D eigenvalue weighted by Crippen LogP contribution is 2.38. The summed E-state index contributed by atoms with van der Waals surface area (Å²) >= 11 is 1.49. The second-order valence-electron chi connectivity index (χ2n) is 8.86. The Balaban J connectivity index is 1.36. The molecule has 1 aliphatic heterocycles. The molecule has 0 amide bonds. The lowest BCUT2D eigenvalue weighted by atomic mass is 10.1. The lowest BCUT2D eigenvalue weighted by Gasteiger charge is -2.36. The number of hydrogen-bond acceptors (Lipinski definition) is 8. The Morgan fingerprint density at radius 1 is 1.31 bits per heavy atom. The zero-order chi connectivity index (χ0) is 25.2. The number of aromatic carboxylic acids is 1. The van der Waals surface area contributed by atoms with E-state index in [9.17, 15) is 14.7 Å². The largest absolute Gasteiger partial charge is 0.477 e. The minimum absolute atomic E-state index is 0.102. The molecule has 1 aliphatic carbocycles. The van der Waals surface area contributed by atoms with Crippen LogP contribution in [0.15, 0.2) is 52.5 Å². The minimum atomic E-state index is -1.30. The number of aromatic nitrogens is 2. The van der Waals surface area contributed by atoms with Crippen LogP contribution in [-0.4, -0.2) is 70.6 Å². The Hall–Kier alpha value is -3.57. The molecule has 2 aromatic heterocycles. The highest BCUT2D eigenvalue weighted by Gasteiger charge is 2.29. The van der Waals surface area contributed by atoms with Gasteiger partial charge in [-0.05, 0) is 25.0 Å². The summed E-state index contributed by atoms with van der Waals surface area (Å²) in [7, 11) is 0. The van der Waals surface area contributed by atoms with Crippen molar-refractivity contribution in [2.24, 2.45) is 5.16 Å². The topological polar surface area (TPSA) is 100 Å². The molecule has 2 fully saturated rings. The molecule has 0 unspecified atom stereocenters. The normalized spacial score (nSPS) is 16.9. The van der Waals surface area contributed by atoms with E-state index in [0.29, 0.717) is 50.5 Å². The molecule has 2 aliphatic rings. The lowest BCUT2D eigenvalue weighted by molar-refractivity contribution is 0.0695. The van der Waals surface area contributed by atoms with Gasteiger partial charge in [0.1, 0.15) is 28.7 Å². The summed E-state index contributed by atoms with van der Waals surface area (Å²) in [5.41, 5.74) is 0.744. The zero-order valence-electron chi connectivity index (χ0n) is 19.6. The molecule has 0 radical (unpaired) electrons. The van der Waals surface area contributed by atoms with Gasteiger partial charge in [0, 0.05) is 61.9 Å². The second kappa shape index (κ2) is 10.2. The number of halogens is 1. The van der Waals surface area contributed by atoms with Crippen LogP contribution in [0.4, 0.5) is 10.1 Å². The maximum atomic E-state index is 15.2. The highest BCUT2D eigenvalue weighted by molar-refractivity contribution is 7.11. The van der Waals surface area contributed by atoms with Gasteiger partial charge in [-0.2, -0.15) is 0 Å². The van der Waals surface area contributed by atoms with Gasteiger partial charge < -0.3 is 19.4 Å². The monoisotopic (exact) mass is 511 g/mol. The third-order valence-corrected chi connectivity index (χ3v) is 7.23. The number of rotatable bonds is 9. The molecule has 36 heavy (non-hydrogen) atoms. The molecule has 9 nitrogen and oxygen atoms in total. The number of oxime groups is 1. The number of carboxylic acid groups (broad SMARTS) is 1. The van der Waals surface area contributed by atoms with E-state index in [1.165, 1.54) is 23.6 Å². The summed E-state index contributed by atoms with van der Waals surface area (Å²) in [6, 6.07) is 3.01. The number of nitrogens with zero attached hydrogens (tertiary/aromatic N) is 5. The van der Waals surface area contributed by atoms with Crippen LogP contribution in [0.25, 0.3) is 10.9 Å². The molecule has 3 heterocycles. The molecule has 1 N–H and O–H groups in total. The third-order valence-electron chi connectivity index (χ3n) is 6.40. The van der Waals surface area contributed by atoms with E-state index < -0.39 is 17.2 Å². The molecule has 1 saturated carbocycles. The molecule has 188 valence electrons. The van der Waals surface area contributed by atoms with Crippen LogP contribution >= 0.6 is 11.3 Å². The van der Waals surface area contributed by atoms with Crippen LogP contribution < -0.4 is 10.3 Å². The average molecular weight is 512 g/mol. The minimum Gasteiger partial charge on any atom is -0.477 e. The maximum Gasteiger partial charge on any atom is 0.341 e. The van der Waals surface area contributed by atoms with Crippen LogP contribution in [0.2, 0.25) is 0 Å². The standard InChI is InChI=1S/C25H26FN5O4S/c1-2-10-35-28-20(24-27-5-11-36-24)15-29-6-8-30(9-7-29)22-13-21-17(12-19(22)26)23(32)18(25(33)34)14-31(21)16-3-4-16/h2,5,11-14,16H,1,3-4,6-10,15H2,(H,33,34)/b28-20+. The molecule has 0 bridgehead atoms. The molecular weight excluding hydrogens is 485 g/mol. The number of thiazole rings is 1. The first-order valence-corrected chi connectivity index (χ1v) is 12.6. The van der Waals surface area contributed by atoms with Gasteiger partial charge in [0.25, 0.3) is 0 Å². The van der Waals surface area contributed by atoms with Gasteiger partial charge in [-0.15, -0.1) is 11.3 Å². The van der Waals surface area contributed by atoms with Crippen molar-refractivity contribution in [1.82, 2.24) is 14.5 Å². The predicted molar refractivity (Wildman–Crippen MR) is 137 cm³/mol. The smallest absolute Gasteiger partial charge is 0.341 e. The molecule has 1 aromatic carbocycles. The molecule has 11 heteroatoms. The number of piperazine rings is 1. The van der Waals surface area contributed by atoms with Crippen molar-refractivity contribution in [3.63, 3.8) is 0 Å². The van der Waals surface area contributed by atoms with Crippen LogP contribution in [0.1, 0.15) is 34.2 Å². The van der Waals surface area contributed by atoms with Gasteiger partial charge >= 0.3 is 5.97 Å². The highest BCUT2D eigenvalue weighted by atomic mass is 32.1. The third kappa shape index (κ3) is 4.89. The van der Waals surface area contributed by atoms with E-state index in [2.05, 4.69) is 21.6 Å². The van der Waals surface area contributed by atoms with Crippen molar-refractivity contribution in [3.8, 4) is 0 Å². The molecule has 0 spiro atoms. The van der Waals surface area contributed by atoms with Crippen LogP contribution in [0, 0.1) is 5.82 Å². The molecule has 1 saturated heterocycles. The predicted octanol–water partition coefficient (Wildman–Crippen LogP) is 3.36. The van der Waals surface area contributed by atoms with Gasteiger partial charge in [-0.3, -0.25) is 9.69 Å². The van der Waals surface area contributed by atoms with Gasteiger partial charge in [0.15, 0.2) is 0 Å². The summed E-state index contributed by atoms with van der Waals surface area (Å²) in [4.78, 5) is 38.1. The number of hydrogen-bond donors (Lipinski definition) is 1. The second-order valence-corrected chi connectivity index (χ2v) is 9.75. The number of fused-ring (bicyclic) bond motifs is 1. The fraction of sp³-hybridized carbons (Fsp3) is 0.360. The molecular formula is C25H26FN5O4S. The molecule has 0 atom stereocenters. The van der Waals surface area contributed by atoms with Crippen molar-refractivity contribution in [2.75, 3.05) is 44.2 Å². The van der Waals surface area contributed by atoms with Gasteiger partial charge in [-0.25, -0.2) is 14.2 Å². The Labute approximate surface area is 210 Å². The number of benzene rings is 1. The summed E-state index contributed by atoms with van der Waals surface area (Å²) in [5.74, 6) is -1.83. The zero-order valence-corrected chi connectivity index (χ0v) is 20.4. The Morgan fingerprint density at radius 2 is 2.08 bits per heavy atom. The fourth-order valence-corrected chi connectivity index (χ4v) is 5.05. The number of pyridine rings is 1. The first-order chi connectivity index (χ1) is 17.5. The number of carbonyl (C=O) groups is 1. The van der Waals surface area contributed by atoms with Gasteiger partial charge in [-0.1, -0.05) is 17.8 Å². The fourth-order valence-electron chi connectivity index (χ4n) is 4.44. The maximum absolute atomic E-state index is 15.2. The molecule has 3 aromatic rings. The van der Waals surface area contributed by atoms with E-state index in [4.69, 9.17) is 4.84 Å². The first kappa shape index (κ1) is 24.1. The number of anilines is 1. The first-order valence-electron chi connectivity index (χ1n) is 11.7. The van der Waals surface area contributed by atoms with Crippen molar-refractivity contribution >= 4 is 39.6 Å².